The predicted molar refractivity (Wildman–Crippen MR) is 94.3 cm³/mol. The number of nitrogens with one attached hydrogen (secondary N) is 2. The second-order valence-corrected chi connectivity index (χ2v) is 6.10. The van der Waals surface area contributed by atoms with Gasteiger partial charge < -0.3 is 29.9 Å². The van der Waals surface area contributed by atoms with E-state index in [0.717, 1.165) is 0 Å². The number of esters is 2. The summed E-state index contributed by atoms with van der Waals surface area (Å²) in [5.74, 6) is -2.18. The molecular formula is C16H30N4O6. The summed E-state index contributed by atoms with van der Waals surface area (Å²) in [4.78, 5) is 49.6. The van der Waals surface area contributed by atoms with Crippen LogP contribution in [0.4, 0.5) is 0 Å². The van der Waals surface area contributed by atoms with Crippen LogP contribution in [0.3, 0.4) is 0 Å². The smallest absolute Gasteiger partial charge is 0.315 e. The Labute approximate surface area is 154 Å². The van der Waals surface area contributed by atoms with Crippen LogP contribution in [0.2, 0.25) is 0 Å². The largest absolute Gasteiger partial charge is 0.464 e. The number of hydrogen-bond acceptors (Lipinski definition) is 8. The van der Waals surface area contributed by atoms with E-state index in [1.807, 2.05) is 38.0 Å². The summed E-state index contributed by atoms with van der Waals surface area (Å²) in [5.41, 5.74) is 0. The fourth-order valence-corrected chi connectivity index (χ4v) is 1.58. The molecule has 0 rings (SSSR count). The molecule has 0 aromatic carbocycles. The van der Waals surface area contributed by atoms with Crippen LogP contribution in [0.5, 0.6) is 0 Å². The number of ether oxygens (including phenoxy) is 2. The fraction of sp³-hybridized carbons (Fsp3) is 0.750. The van der Waals surface area contributed by atoms with Crippen LogP contribution in [0.25, 0.3) is 0 Å². The van der Waals surface area contributed by atoms with Crippen LogP contribution in [0.15, 0.2) is 0 Å². The van der Waals surface area contributed by atoms with Gasteiger partial charge in [0.1, 0.15) is 26.1 Å². The summed E-state index contributed by atoms with van der Waals surface area (Å²) in [6.07, 6.45) is -0.751. The van der Waals surface area contributed by atoms with Gasteiger partial charge in [0, 0.05) is 26.2 Å². The van der Waals surface area contributed by atoms with Crippen LogP contribution in [0.1, 0.15) is 12.8 Å². The number of hydrogen-bond donors (Lipinski definition) is 2. The zero-order valence-electron chi connectivity index (χ0n) is 16.0. The third-order valence-corrected chi connectivity index (χ3v) is 2.98. The maximum atomic E-state index is 11.5. The molecule has 0 aromatic heterocycles. The molecular weight excluding hydrogens is 344 g/mol. The molecule has 0 saturated heterocycles. The minimum Gasteiger partial charge on any atom is -0.464 e. The summed E-state index contributed by atoms with van der Waals surface area (Å²) in [6.45, 7) is 1.89. The van der Waals surface area contributed by atoms with E-state index in [4.69, 9.17) is 9.47 Å². The van der Waals surface area contributed by atoms with Crippen molar-refractivity contribution in [2.75, 3.05) is 67.6 Å². The zero-order valence-corrected chi connectivity index (χ0v) is 16.0. The molecule has 0 saturated carbocycles. The molecule has 0 aromatic rings. The highest BCUT2D eigenvalue weighted by Gasteiger charge is 2.12. The number of nitrogens with zero attached hydrogens (tertiary/aromatic N) is 2. The second kappa shape index (κ2) is 14.0. The molecule has 10 heteroatoms. The average Bonchev–Trinajstić information content (AvgIpc) is 2.50. The molecule has 0 aliphatic carbocycles. The Kier molecular flexibility index (Phi) is 12.8. The molecule has 0 atom stereocenters. The van der Waals surface area contributed by atoms with Crippen molar-refractivity contribution in [1.82, 2.24) is 20.4 Å². The molecule has 2 amide bonds. The van der Waals surface area contributed by atoms with Gasteiger partial charge in [0.2, 0.25) is 11.8 Å². The Bertz CT molecular complexity index is 426. The number of amides is 2. The van der Waals surface area contributed by atoms with E-state index in [0.29, 0.717) is 13.1 Å². The molecule has 26 heavy (non-hydrogen) atoms. The van der Waals surface area contributed by atoms with Crippen molar-refractivity contribution in [2.24, 2.45) is 0 Å². The number of carbonyl (C=O) groups is 4. The van der Waals surface area contributed by atoms with Crippen LogP contribution < -0.4 is 10.6 Å². The van der Waals surface area contributed by atoms with Gasteiger partial charge in [-0.25, -0.2) is 0 Å². The first-order valence-corrected chi connectivity index (χ1v) is 8.34. The predicted octanol–water partition coefficient (Wildman–Crippen LogP) is -1.79. The molecule has 0 aliphatic rings. The molecule has 0 radical (unpaired) electrons. The van der Waals surface area contributed by atoms with Crippen LogP contribution in [0, 0.1) is 0 Å². The Morgan fingerprint density at radius 1 is 0.692 bits per heavy atom. The Hall–Kier alpha value is -2.20. The molecule has 0 bridgehead atoms. The maximum absolute atomic E-state index is 11.5. The first kappa shape index (κ1) is 23.8. The fourth-order valence-electron chi connectivity index (χ4n) is 1.58. The molecule has 150 valence electrons. The van der Waals surface area contributed by atoms with Gasteiger partial charge in [-0.15, -0.1) is 0 Å². The summed E-state index contributed by atoms with van der Waals surface area (Å²) >= 11 is 0. The van der Waals surface area contributed by atoms with Crippen molar-refractivity contribution in [3.8, 4) is 0 Å². The van der Waals surface area contributed by atoms with Gasteiger partial charge in [-0.3, -0.25) is 19.2 Å². The third-order valence-electron chi connectivity index (χ3n) is 2.98. The standard InChI is InChI=1S/C16H30N4O6/c1-19(2)7-9-25-15(23)11-13(21)17-5-6-18-14(22)12-16(24)26-10-8-20(3)4/h5-12H2,1-4H3,(H,17,21)(H,18,22). The van der Waals surface area contributed by atoms with Gasteiger partial charge in [-0.2, -0.15) is 0 Å². The minimum atomic E-state index is -0.603. The van der Waals surface area contributed by atoms with Crippen molar-refractivity contribution < 1.29 is 28.7 Å². The van der Waals surface area contributed by atoms with Crippen molar-refractivity contribution in [2.45, 2.75) is 12.8 Å². The average molecular weight is 374 g/mol. The van der Waals surface area contributed by atoms with E-state index in [1.54, 1.807) is 0 Å². The molecule has 0 unspecified atom stereocenters. The van der Waals surface area contributed by atoms with Crippen LogP contribution in [-0.2, 0) is 28.7 Å². The molecule has 0 spiro atoms. The van der Waals surface area contributed by atoms with E-state index in [9.17, 15) is 19.2 Å². The van der Waals surface area contributed by atoms with Gasteiger partial charge >= 0.3 is 11.9 Å². The normalized spacial score (nSPS) is 10.5. The number of carbonyl (C=O) groups excluding carboxylic acids is 4. The Balaban J connectivity index is 3.71. The van der Waals surface area contributed by atoms with Crippen LogP contribution >= 0.6 is 0 Å². The molecule has 0 heterocycles. The molecule has 0 fully saturated rings. The maximum Gasteiger partial charge on any atom is 0.315 e. The van der Waals surface area contributed by atoms with Gasteiger partial charge in [0.25, 0.3) is 0 Å². The highest BCUT2D eigenvalue weighted by atomic mass is 16.5. The monoisotopic (exact) mass is 374 g/mol. The van der Waals surface area contributed by atoms with Crippen LogP contribution in [-0.4, -0.2) is 101 Å². The number of rotatable bonds is 13. The molecule has 2 N–H and O–H groups in total. The summed E-state index contributed by atoms with van der Waals surface area (Å²) in [5, 5.41) is 4.96. The number of likely N-dealkylation sites (N-methyl/N-ethyl adjacent to an activating group) is 2. The summed E-state index contributed by atoms with van der Waals surface area (Å²) in [7, 11) is 7.38. The summed E-state index contributed by atoms with van der Waals surface area (Å²) < 4.78 is 9.79. The topological polar surface area (TPSA) is 117 Å². The lowest BCUT2D eigenvalue weighted by molar-refractivity contribution is -0.148. The van der Waals surface area contributed by atoms with Crippen molar-refractivity contribution in [3.63, 3.8) is 0 Å². The van der Waals surface area contributed by atoms with E-state index in [-0.39, 0.29) is 39.1 Å². The van der Waals surface area contributed by atoms with Crippen molar-refractivity contribution in [3.05, 3.63) is 0 Å². The Morgan fingerprint density at radius 3 is 1.35 bits per heavy atom. The van der Waals surface area contributed by atoms with E-state index in [1.165, 1.54) is 0 Å². The highest BCUT2D eigenvalue weighted by Crippen LogP contribution is 1.89. The lowest BCUT2D eigenvalue weighted by Gasteiger charge is -2.11. The van der Waals surface area contributed by atoms with E-state index in [2.05, 4.69) is 10.6 Å². The van der Waals surface area contributed by atoms with Gasteiger partial charge in [-0.1, -0.05) is 0 Å². The van der Waals surface area contributed by atoms with E-state index < -0.39 is 23.8 Å². The van der Waals surface area contributed by atoms with Crippen molar-refractivity contribution >= 4 is 23.8 Å². The third kappa shape index (κ3) is 15.3. The lowest BCUT2D eigenvalue weighted by Crippen LogP contribution is -2.36. The van der Waals surface area contributed by atoms with Gasteiger partial charge in [-0.05, 0) is 28.2 Å². The first-order chi connectivity index (χ1) is 12.2. The zero-order chi connectivity index (χ0) is 19.9. The minimum absolute atomic E-state index is 0.144. The highest BCUT2D eigenvalue weighted by molar-refractivity contribution is 5.95. The van der Waals surface area contributed by atoms with Gasteiger partial charge in [0.15, 0.2) is 0 Å². The quantitative estimate of drug-likeness (QED) is 0.220. The Morgan fingerprint density at radius 2 is 1.04 bits per heavy atom. The van der Waals surface area contributed by atoms with Gasteiger partial charge in [0.05, 0.1) is 0 Å². The summed E-state index contributed by atoms with van der Waals surface area (Å²) in [6, 6.07) is 0. The second-order valence-electron chi connectivity index (χ2n) is 6.10. The lowest BCUT2D eigenvalue weighted by atomic mass is 10.4. The molecule has 10 nitrogen and oxygen atoms in total. The molecule has 0 aliphatic heterocycles. The SMILES string of the molecule is CN(C)CCOC(=O)CC(=O)NCCNC(=O)CC(=O)OCCN(C)C. The van der Waals surface area contributed by atoms with E-state index >= 15 is 0 Å². The van der Waals surface area contributed by atoms with Crippen molar-refractivity contribution in [1.29, 1.82) is 0 Å². The first-order valence-electron chi connectivity index (χ1n) is 8.34.